The molecule has 11 heteroatoms. The van der Waals surface area contributed by atoms with Gasteiger partial charge in [-0.1, -0.05) is 0 Å². The van der Waals surface area contributed by atoms with Gasteiger partial charge in [-0.2, -0.15) is 13.2 Å². The van der Waals surface area contributed by atoms with Crippen molar-refractivity contribution >= 4 is 28.3 Å². The van der Waals surface area contributed by atoms with Crippen LogP contribution in [0.1, 0.15) is 24.1 Å². The molecule has 31 heavy (non-hydrogen) atoms. The summed E-state index contributed by atoms with van der Waals surface area (Å²) in [5.41, 5.74) is 0.377. The fraction of sp³-hybridized carbons (Fsp3) is 0.350. The molecule has 1 N–H and O–H groups in total. The summed E-state index contributed by atoms with van der Waals surface area (Å²) in [4.78, 5) is 20.9. The van der Waals surface area contributed by atoms with Crippen molar-refractivity contribution in [3.8, 4) is 22.2 Å². The van der Waals surface area contributed by atoms with Crippen LogP contribution in [0.5, 0.6) is 11.5 Å². The number of pyridine rings is 1. The van der Waals surface area contributed by atoms with Crippen LogP contribution in [0, 0.1) is 6.92 Å². The minimum Gasteiger partial charge on any atom is -0.496 e. The summed E-state index contributed by atoms with van der Waals surface area (Å²) in [6, 6.07) is 4.97. The van der Waals surface area contributed by atoms with Crippen molar-refractivity contribution in [2.75, 3.05) is 13.7 Å². The van der Waals surface area contributed by atoms with Crippen molar-refractivity contribution in [3.05, 3.63) is 34.8 Å². The maximum atomic E-state index is 13.0. The topological polar surface area (TPSA) is 84.8 Å². The third-order valence-corrected chi connectivity index (χ3v) is 5.95. The average molecular weight is 453 g/mol. The van der Waals surface area contributed by atoms with E-state index in [1.165, 1.54) is 18.1 Å². The number of fused-ring (bicyclic) bond motifs is 1. The number of hydrogen-bond donors (Lipinski definition) is 1. The first-order valence-electron chi connectivity index (χ1n) is 9.36. The van der Waals surface area contributed by atoms with Gasteiger partial charge in [-0.15, -0.1) is 11.3 Å². The maximum absolute atomic E-state index is 13.0. The minimum atomic E-state index is -4.56. The second kappa shape index (κ2) is 7.88. The smallest absolute Gasteiger partial charge is 0.434 e. The normalized spacial score (nSPS) is 16.7. The summed E-state index contributed by atoms with van der Waals surface area (Å²) in [6.45, 7) is 2.13. The van der Waals surface area contributed by atoms with Crippen molar-refractivity contribution in [2.24, 2.45) is 0 Å². The number of nitrogens with zero attached hydrogens (tertiary/aromatic N) is 3. The highest BCUT2D eigenvalue weighted by molar-refractivity contribution is 7.13. The predicted molar refractivity (Wildman–Crippen MR) is 108 cm³/mol. The molecule has 1 amide bonds. The number of aryl methyl sites for hydroxylation is 1. The van der Waals surface area contributed by atoms with Crippen LogP contribution >= 0.6 is 11.3 Å². The first kappa shape index (κ1) is 21.2. The van der Waals surface area contributed by atoms with E-state index in [-0.39, 0.29) is 10.7 Å². The van der Waals surface area contributed by atoms with Gasteiger partial charge in [-0.05, 0) is 25.5 Å². The highest BCUT2D eigenvalue weighted by atomic mass is 32.1. The standard InChI is InChI=1S/C20H18F3N3O4S/c1-10-13(29-2)6-5-11-14(30-16-4-3-7-26(16)19(27)28)8-12(24-17(10)11)18-25-15(9-31-18)20(21,22)23/h5-6,8-9,16H,3-4,7H2,1-2H3,(H,27,28). The van der Waals surface area contributed by atoms with E-state index in [1.54, 1.807) is 19.1 Å². The molecule has 2 aromatic heterocycles. The van der Waals surface area contributed by atoms with Gasteiger partial charge in [0.1, 0.15) is 22.2 Å². The van der Waals surface area contributed by atoms with Crippen LogP contribution < -0.4 is 9.47 Å². The number of methoxy groups -OCH3 is 1. The molecule has 1 aromatic carbocycles. The number of benzene rings is 1. The summed E-state index contributed by atoms with van der Waals surface area (Å²) < 4.78 is 50.5. The molecule has 7 nitrogen and oxygen atoms in total. The van der Waals surface area contributed by atoms with Crippen LogP contribution in [-0.4, -0.2) is 46.0 Å². The van der Waals surface area contributed by atoms with E-state index in [2.05, 4.69) is 9.97 Å². The van der Waals surface area contributed by atoms with Crippen molar-refractivity contribution in [1.29, 1.82) is 0 Å². The lowest BCUT2D eigenvalue weighted by atomic mass is 10.1. The summed E-state index contributed by atoms with van der Waals surface area (Å²) >= 11 is 0.826. The third-order valence-electron chi connectivity index (χ3n) is 5.09. The van der Waals surface area contributed by atoms with E-state index in [0.29, 0.717) is 47.4 Å². The van der Waals surface area contributed by atoms with E-state index in [1.807, 2.05) is 0 Å². The van der Waals surface area contributed by atoms with Gasteiger partial charge in [0, 0.05) is 35.4 Å². The number of amides is 1. The van der Waals surface area contributed by atoms with E-state index >= 15 is 0 Å². The highest BCUT2D eigenvalue weighted by Crippen LogP contribution is 2.38. The van der Waals surface area contributed by atoms with Gasteiger partial charge in [0.25, 0.3) is 0 Å². The number of ether oxygens (including phenoxy) is 2. The summed E-state index contributed by atoms with van der Waals surface area (Å²) in [7, 11) is 1.51. The minimum absolute atomic E-state index is 0.0859. The zero-order chi connectivity index (χ0) is 22.3. The molecule has 0 radical (unpaired) electrons. The molecule has 0 spiro atoms. The van der Waals surface area contributed by atoms with E-state index < -0.39 is 24.2 Å². The number of carboxylic acid groups (broad SMARTS) is 1. The van der Waals surface area contributed by atoms with E-state index in [9.17, 15) is 23.1 Å². The van der Waals surface area contributed by atoms with Crippen LogP contribution in [-0.2, 0) is 6.18 Å². The number of likely N-dealkylation sites (tertiary alicyclic amines) is 1. The van der Waals surface area contributed by atoms with Crippen molar-refractivity contribution in [2.45, 2.75) is 32.2 Å². The number of halogens is 3. The monoisotopic (exact) mass is 453 g/mol. The van der Waals surface area contributed by atoms with E-state index in [0.717, 1.165) is 16.7 Å². The Morgan fingerprint density at radius 1 is 1.29 bits per heavy atom. The van der Waals surface area contributed by atoms with Crippen molar-refractivity contribution in [3.63, 3.8) is 0 Å². The van der Waals surface area contributed by atoms with Crippen LogP contribution in [0.3, 0.4) is 0 Å². The Morgan fingerprint density at radius 3 is 2.71 bits per heavy atom. The quantitative estimate of drug-likeness (QED) is 0.587. The lowest BCUT2D eigenvalue weighted by molar-refractivity contribution is -0.140. The van der Waals surface area contributed by atoms with Gasteiger partial charge in [-0.25, -0.2) is 14.8 Å². The lowest BCUT2D eigenvalue weighted by Gasteiger charge is -2.23. The van der Waals surface area contributed by atoms with Crippen molar-refractivity contribution in [1.82, 2.24) is 14.9 Å². The summed E-state index contributed by atoms with van der Waals surface area (Å²) in [6.07, 6.45) is -5.18. The Labute approximate surface area is 179 Å². The summed E-state index contributed by atoms with van der Waals surface area (Å²) in [5.74, 6) is 0.888. The first-order valence-corrected chi connectivity index (χ1v) is 10.2. The zero-order valence-corrected chi connectivity index (χ0v) is 17.4. The number of alkyl halides is 3. The molecule has 1 unspecified atom stereocenters. The molecule has 164 valence electrons. The Kier molecular flexibility index (Phi) is 5.38. The predicted octanol–water partition coefficient (Wildman–Crippen LogP) is 5.17. The third kappa shape index (κ3) is 3.97. The molecule has 0 aliphatic carbocycles. The number of hydrogen-bond acceptors (Lipinski definition) is 6. The molecule has 3 aromatic rings. The zero-order valence-electron chi connectivity index (χ0n) is 16.6. The molecular formula is C20H18F3N3O4S. The number of aromatic nitrogens is 2. The Balaban J connectivity index is 1.85. The van der Waals surface area contributed by atoms with Gasteiger partial charge in [0.2, 0.25) is 0 Å². The SMILES string of the molecule is COc1ccc2c(OC3CCCN3C(=O)O)cc(-c3nc(C(F)(F)F)cs3)nc2c1C. The number of carbonyl (C=O) groups is 1. The van der Waals surface area contributed by atoms with E-state index in [4.69, 9.17) is 9.47 Å². The molecule has 0 bridgehead atoms. The number of thiazole rings is 1. The van der Waals surface area contributed by atoms with Gasteiger partial charge < -0.3 is 14.6 Å². The van der Waals surface area contributed by atoms with Crippen LogP contribution in [0.15, 0.2) is 23.6 Å². The van der Waals surface area contributed by atoms with Gasteiger partial charge in [-0.3, -0.25) is 4.90 Å². The van der Waals surface area contributed by atoms with Gasteiger partial charge in [0.05, 0.1) is 12.6 Å². The fourth-order valence-corrected chi connectivity index (χ4v) is 4.34. The molecule has 1 fully saturated rings. The lowest BCUT2D eigenvalue weighted by Crippen LogP contribution is -2.38. The largest absolute Gasteiger partial charge is 0.496 e. The molecule has 4 rings (SSSR count). The molecule has 1 saturated heterocycles. The highest BCUT2D eigenvalue weighted by Gasteiger charge is 2.34. The molecular weight excluding hydrogens is 435 g/mol. The first-order chi connectivity index (χ1) is 14.7. The van der Waals surface area contributed by atoms with Crippen LogP contribution in [0.25, 0.3) is 21.6 Å². The average Bonchev–Trinajstić information content (AvgIpc) is 3.38. The Morgan fingerprint density at radius 2 is 2.06 bits per heavy atom. The van der Waals surface area contributed by atoms with Crippen LogP contribution in [0.4, 0.5) is 18.0 Å². The molecule has 0 saturated carbocycles. The van der Waals surface area contributed by atoms with Crippen molar-refractivity contribution < 1.29 is 32.5 Å². The second-order valence-corrected chi connectivity index (χ2v) is 7.88. The maximum Gasteiger partial charge on any atom is 0.434 e. The molecule has 1 aliphatic heterocycles. The Hall–Kier alpha value is -3.08. The second-order valence-electron chi connectivity index (χ2n) is 7.02. The summed E-state index contributed by atoms with van der Waals surface area (Å²) in [5, 5.41) is 11.0. The molecule has 3 heterocycles. The number of rotatable bonds is 4. The molecule has 1 aliphatic rings. The fourth-order valence-electron chi connectivity index (χ4n) is 3.55. The van der Waals surface area contributed by atoms with Gasteiger partial charge >= 0.3 is 12.3 Å². The molecule has 1 atom stereocenters. The Bertz CT molecular complexity index is 1150. The van der Waals surface area contributed by atoms with Gasteiger partial charge in [0.15, 0.2) is 11.9 Å². The van der Waals surface area contributed by atoms with Crippen LogP contribution in [0.2, 0.25) is 0 Å².